The van der Waals surface area contributed by atoms with Crippen molar-refractivity contribution >= 4 is 18.3 Å². The van der Waals surface area contributed by atoms with Crippen LogP contribution < -0.4 is 0 Å². The van der Waals surface area contributed by atoms with Gasteiger partial charge in [0.2, 0.25) is 0 Å². The molecule has 80 valence electrons. The Morgan fingerprint density at radius 2 is 2.06 bits per heavy atom. The number of hydrogen-bond donors (Lipinski definition) is 0. The smallest absolute Gasteiger partial charge is 0.356 e. The Morgan fingerprint density at radius 3 is 2.75 bits per heavy atom. The molecular formula is C13H11NO2. The summed E-state index contributed by atoms with van der Waals surface area (Å²) in [6.45, 7) is 0. The van der Waals surface area contributed by atoms with Crippen molar-refractivity contribution < 1.29 is 9.53 Å². The highest BCUT2D eigenvalue weighted by Crippen LogP contribution is 2.15. The quantitative estimate of drug-likeness (QED) is 0.706. The summed E-state index contributed by atoms with van der Waals surface area (Å²) in [7, 11) is 1.34. The van der Waals surface area contributed by atoms with E-state index in [1.807, 2.05) is 36.4 Å². The number of aliphatic imine (C=N–C) groups is 1. The Hall–Kier alpha value is -2.16. The predicted molar refractivity (Wildman–Crippen MR) is 63.0 cm³/mol. The Morgan fingerprint density at radius 1 is 1.31 bits per heavy atom. The van der Waals surface area contributed by atoms with Gasteiger partial charge in [-0.2, -0.15) is 0 Å². The number of benzene rings is 1. The maximum atomic E-state index is 11.2. The number of hydrogen-bond acceptors (Lipinski definition) is 3. The lowest BCUT2D eigenvalue weighted by Crippen LogP contribution is -2.00. The zero-order chi connectivity index (χ0) is 11.4. The number of allylic oxidation sites excluding steroid dienone is 2. The molecule has 3 nitrogen and oxygen atoms in total. The van der Waals surface area contributed by atoms with Gasteiger partial charge < -0.3 is 4.74 Å². The van der Waals surface area contributed by atoms with Gasteiger partial charge in [-0.1, -0.05) is 30.3 Å². The van der Waals surface area contributed by atoms with E-state index in [0.717, 1.165) is 11.1 Å². The molecule has 0 saturated heterocycles. The summed E-state index contributed by atoms with van der Waals surface area (Å²) in [5.74, 6) is -0.410. The molecule has 0 radical (unpaired) electrons. The van der Waals surface area contributed by atoms with Crippen LogP contribution in [-0.2, 0) is 9.53 Å². The Labute approximate surface area is 93.8 Å². The molecule has 0 aromatic heterocycles. The summed E-state index contributed by atoms with van der Waals surface area (Å²) in [4.78, 5) is 15.2. The highest BCUT2D eigenvalue weighted by atomic mass is 16.5. The van der Waals surface area contributed by atoms with E-state index >= 15 is 0 Å². The van der Waals surface area contributed by atoms with Crippen LogP contribution in [0.1, 0.15) is 5.56 Å². The van der Waals surface area contributed by atoms with Crippen molar-refractivity contribution in [3.8, 4) is 0 Å². The first-order valence-corrected chi connectivity index (χ1v) is 4.90. The van der Waals surface area contributed by atoms with E-state index in [4.69, 9.17) is 0 Å². The maximum Gasteiger partial charge on any atom is 0.356 e. The van der Waals surface area contributed by atoms with Crippen LogP contribution in [0, 0.1) is 0 Å². The molecule has 0 aliphatic carbocycles. The molecule has 0 saturated carbocycles. The molecule has 0 unspecified atom stereocenters. The van der Waals surface area contributed by atoms with Gasteiger partial charge >= 0.3 is 5.97 Å². The van der Waals surface area contributed by atoms with Crippen molar-refractivity contribution in [2.75, 3.05) is 7.11 Å². The Kier molecular flexibility index (Phi) is 2.96. The lowest BCUT2D eigenvalue weighted by molar-refractivity contribution is -0.136. The van der Waals surface area contributed by atoms with Crippen LogP contribution in [0.3, 0.4) is 0 Å². The first-order chi connectivity index (χ1) is 7.79. The van der Waals surface area contributed by atoms with Crippen LogP contribution in [-0.4, -0.2) is 19.3 Å². The normalized spacial score (nSPS) is 16.3. The van der Waals surface area contributed by atoms with Gasteiger partial charge in [-0.05, 0) is 23.3 Å². The van der Waals surface area contributed by atoms with Crippen molar-refractivity contribution in [2.24, 2.45) is 4.99 Å². The highest BCUT2D eigenvalue weighted by Gasteiger charge is 2.12. The van der Waals surface area contributed by atoms with E-state index in [-0.39, 0.29) is 0 Å². The monoisotopic (exact) mass is 213 g/mol. The number of rotatable bonds is 2. The zero-order valence-electron chi connectivity index (χ0n) is 8.88. The van der Waals surface area contributed by atoms with E-state index < -0.39 is 5.97 Å². The minimum absolute atomic E-state index is 0.338. The van der Waals surface area contributed by atoms with Gasteiger partial charge in [-0.15, -0.1) is 0 Å². The second-order valence-electron chi connectivity index (χ2n) is 3.33. The Bertz CT molecular complexity index is 484. The topological polar surface area (TPSA) is 38.7 Å². The van der Waals surface area contributed by atoms with Crippen LogP contribution in [0.25, 0.3) is 6.08 Å². The fourth-order valence-electron chi connectivity index (χ4n) is 1.41. The molecular weight excluding hydrogens is 202 g/mol. The summed E-state index contributed by atoms with van der Waals surface area (Å²) < 4.78 is 4.58. The molecule has 1 aromatic carbocycles. The third-order valence-corrected chi connectivity index (χ3v) is 2.18. The average molecular weight is 213 g/mol. The van der Waals surface area contributed by atoms with Gasteiger partial charge in [0.05, 0.1) is 7.11 Å². The van der Waals surface area contributed by atoms with Gasteiger partial charge in [-0.3, -0.25) is 0 Å². The lowest BCUT2D eigenvalue weighted by Gasteiger charge is -1.93. The van der Waals surface area contributed by atoms with Gasteiger partial charge in [0.1, 0.15) is 5.70 Å². The molecule has 0 bridgehead atoms. The fourth-order valence-corrected chi connectivity index (χ4v) is 1.41. The molecule has 1 heterocycles. The third-order valence-electron chi connectivity index (χ3n) is 2.18. The van der Waals surface area contributed by atoms with E-state index in [1.54, 1.807) is 12.3 Å². The van der Waals surface area contributed by atoms with Gasteiger partial charge in [0.15, 0.2) is 0 Å². The number of carbonyl (C=O) groups excluding carboxylic acids is 1. The van der Waals surface area contributed by atoms with Crippen LogP contribution in [0.2, 0.25) is 0 Å². The minimum Gasteiger partial charge on any atom is -0.464 e. The average Bonchev–Trinajstić information content (AvgIpc) is 2.78. The van der Waals surface area contributed by atoms with Crippen molar-refractivity contribution in [3.63, 3.8) is 0 Å². The highest BCUT2D eigenvalue weighted by molar-refractivity contribution is 6.01. The summed E-state index contributed by atoms with van der Waals surface area (Å²) in [6, 6.07) is 9.86. The standard InChI is InChI=1S/C13H11NO2/c1-16-13(15)12-8-11(9-14-12)7-10-5-3-2-4-6-10/h2-9H,1H3/b11-7+. The number of esters is 1. The van der Waals surface area contributed by atoms with Crippen molar-refractivity contribution in [3.05, 3.63) is 53.2 Å². The van der Waals surface area contributed by atoms with E-state index in [9.17, 15) is 4.79 Å². The van der Waals surface area contributed by atoms with Gasteiger partial charge in [0, 0.05) is 6.21 Å². The summed E-state index contributed by atoms with van der Waals surface area (Å²) in [5, 5.41) is 0. The molecule has 3 heteroatoms. The first-order valence-electron chi connectivity index (χ1n) is 4.90. The second kappa shape index (κ2) is 4.57. The number of methoxy groups -OCH3 is 1. The summed E-state index contributed by atoms with van der Waals surface area (Å²) in [5.41, 5.74) is 2.31. The van der Waals surface area contributed by atoms with Crippen LogP contribution in [0.15, 0.2) is 52.7 Å². The summed E-state index contributed by atoms with van der Waals surface area (Å²) >= 11 is 0. The van der Waals surface area contributed by atoms with Gasteiger partial charge in [-0.25, -0.2) is 9.79 Å². The molecule has 2 rings (SSSR count). The first kappa shape index (κ1) is 10.4. The van der Waals surface area contributed by atoms with E-state index in [0.29, 0.717) is 5.70 Å². The van der Waals surface area contributed by atoms with Crippen molar-refractivity contribution in [1.82, 2.24) is 0 Å². The van der Waals surface area contributed by atoms with E-state index in [2.05, 4.69) is 9.73 Å². The zero-order valence-corrected chi connectivity index (χ0v) is 8.88. The maximum absolute atomic E-state index is 11.2. The SMILES string of the molecule is COC(=O)C1=C/C(=C\c2ccccc2)C=N1. The molecule has 0 fully saturated rings. The summed E-state index contributed by atoms with van der Waals surface area (Å²) in [6.07, 6.45) is 5.32. The molecule has 0 atom stereocenters. The van der Waals surface area contributed by atoms with Crippen LogP contribution >= 0.6 is 0 Å². The molecule has 16 heavy (non-hydrogen) atoms. The number of nitrogens with zero attached hydrogens (tertiary/aromatic N) is 1. The number of ether oxygens (including phenoxy) is 1. The van der Waals surface area contributed by atoms with Crippen LogP contribution in [0.4, 0.5) is 0 Å². The molecule has 1 aliphatic heterocycles. The molecule has 1 aliphatic rings. The van der Waals surface area contributed by atoms with Crippen molar-refractivity contribution in [1.29, 1.82) is 0 Å². The van der Waals surface area contributed by atoms with Crippen molar-refractivity contribution in [2.45, 2.75) is 0 Å². The number of carbonyl (C=O) groups is 1. The second-order valence-corrected chi connectivity index (χ2v) is 3.33. The fraction of sp³-hybridized carbons (Fsp3) is 0.0769. The molecule has 1 aromatic rings. The molecule has 0 spiro atoms. The predicted octanol–water partition coefficient (Wildman–Crippen LogP) is 2.21. The lowest BCUT2D eigenvalue weighted by atomic mass is 10.1. The van der Waals surface area contributed by atoms with E-state index in [1.165, 1.54) is 7.11 Å². The minimum atomic E-state index is -0.410. The third kappa shape index (κ3) is 2.25. The van der Waals surface area contributed by atoms with Crippen LogP contribution in [0.5, 0.6) is 0 Å². The Balaban J connectivity index is 2.21. The largest absolute Gasteiger partial charge is 0.464 e. The van der Waals surface area contributed by atoms with Gasteiger partial charge in [0.25, 0.3) is 0 Å². The molecule has 0 N–H and O–H groups in total. The molecule has 0 amide bonds.